The summed E-state index contributed by atoms with van der Waals surface area (Å²) in [4.78, 5) is 4.38. The predicted octanol–water partition coefficient (Wildman–Crippen LogP) is 0.917. The molecule has 0 amide bonds. The number of ether oxygens (including phenoxy) is 2. The van der Waals surface area contributed by atoms with Gasteiger partial charge in [0.05, 0.1) is 6.10 Å². The number of nitrogens with zero attached hydrogens (tertiary/aromatic N) is 2. The van der Waals surface area contributed by atoms with E-state index in [1.54, 1.807) is 0 Å². The molecule has 1 aromatic rings. The Morgan fingerprint density at radius 1 is 1.26 bits per heavy atom. The maximum atomic E-state index is 5.79. The van der Waals surface area contributed by atoms with E-state index in [1.165, 1.54) is 0 Å². The molecule has 1 aromatic heterocycles. The second-order valence-corrected chi connectivity index (χ2v) is 5.30. The summed E-state index contributed by atoms with van der Waals surface area (Å²) in [5.74, 6) is 1.91. The van der Waals surface area contributed by atoms with Gasteiger partial charge in [0.1, 0.15) is 6.61 Å². The summed E-state index contributed by atoms with van der Waals surface area (Å²) in [6.45, 7) is 4.16. The molecule has 1 unspecified atom stereocenters. The van der Waals surface area contributed by atoms with Gasteiger partial charge >= 0.3 is 0 Å². The Morgan fingerprint density at radius 2 is 2.16 bits per heavy atom. The Kier molecular flexibility index (Phi) is 4.42. The highest BCUT2D eigenvalue weighted by atomic mass is 16.5. The fraction of sp³-hybridized carbons (Fsp3) is 0.846. The molecule has 2 aliphatic rings. The van der Waals surface area contributed by atoms with E-state index >= 15 is 0 Å². The van der Waals surface area contributed by atoms with Gasteiger partial charge in [-0.15, -0.1) is 0 Å². The first-order chi connectivity index (χ1) is 9.40. The van der Waals surface area contributed by atoms with E-state index < -0.39 is 0 Å². The number of hydrogen-bond donors (Lipinski definition) is 1. The lowest BCUT2D eigenvalue weighted by Gasteiger charge is -2.21. The van der Waals surface area contributed by atoms with Crippen LogP contribution in [0.5, 0.6) is 0 Å². The SMILES string of the molecule is C1CC(OCc2nc(CC3CCOC3)no2)CCN1. The molecule has 0 aromatic carbocycles. The highest BCUT2D eigenvalue weighted by Gasteiger charge is 2.20. The van der Waals surface area contributed by atoms with Gasteiger partial charge in [-0.1, -0.05) is 5.16 Å². The van der Waals surface area contributed by atoms with Crippen LogP contribution in [0.2, 0.25) is 0 Å². The Balaban J connectivity index is 1.44. The van der Waals surface area contributed by atoms with E-state index in [2.05, 4.69) is 15.5 Å². The van der Waals surface area contributed by atoms with Crippen LogP contribution in [0.3, 0.4) is 0 Å². The van der Waals surface area contributed by atoms with Crippen LogP contribution in [0.1, 0.15) is 31.0 Å². The van der Waals surface area contributed by atoms with Crippen molar-refractivity contribution in [3.05, 3.63) is 11.7 Å². The number of nitrogens with one attached hydrogen (secondary N) is 1. The van der Waals surface area contributed by atoms with Crippen molar-refractivity contribution in [1.82, 2.24) is 15.5 Å². The quantitative estimate of drug-likeness (QED) is 0.855. The molecule has 3 rings (SSSR count). The lowest BCUT2D eigenvalue weighted by atomic mass is 10.1. The lowest BCUT2D eigenvalue weighted by Crippen LogP contribution is -2.32. The maximum Gasteiger partial charge on any atom is 0.252 e. The molecule has 0 radical (unpaired) electrons. The molecule has 106 valence electrons. The minimum Gasteiger partial charge on any atom is -0.381 e. The van der Waals surface area contributed by atoms with E-state index in [-0.39, 0.29) is 0 Å². The van der Waals surface area contributed by atoms with Crippen LogP contribution in [0, 0.1) is 5.92 Å². The van der Waals surface area contributed by atoms with Crippen LogP contribution < -0.4 is 5.32 Å². The second kappa shape index (κ2) is 6.45. The van der Waals surface area contributed by atoms with Gasteiger partial charge in [-0.25, -0.2) is 0 Å². The van der Waals surface area contributed by atoms with E-state index in [9.17, 15) is 0 Å². The number of piperidine rings is 1. The average Bonchev–Trinajstić information content (AvgIpc) is 3.10. The van der Waals surface area contributed by atoms with Crippen molar-refractivity contribution in [1.29, 1.82) is 0 Å². The normalized spacial score (nSPS) is 24.9. The first kappa shape index (κ1) is 13.0. The molecular formula is C13H21N3O3. The van der Waals surface area contributed by atoms with Gasteiger partial charge in [0.2, 0.25) is 0 Å². The third kappa shape index (κ3) is 3.75. The van der Waals surface area contributed by atoms with Gasteiger partial charge in [0.15, 0.2) is 5.82 Å². The largest absolute Gasteiger partial charge is 0.381 e. The third-order valence-electron chi connectivity index (χ3n) is 3.73. The van der Waals surface area contributed by atoms with Gasteiger partial charge in [-0.2, -0.15) is 4.98 Å². The minimum absolute atomic E-state index is 0.319. The molecule has 0 aliphatic carbocycles. The van der Waals surface area contributed by atoms with Crippen LogP contribution in [0.15, 0.2) is 4.52 Å². The fourth-order valence-electron chi connectivity index (χ4n) is 2.59. The van der Waals surface area contributed by atoms with Gasteiger partial charge in [-0.3, -0.25) is 0 Å². The smallest absolute Gasteiger partial charge is 0.252 e. The van der Waals surface area contributed by atoms with Crippen molar-refractivity contribution in [2.75, 3.05) is 26.3 Å². The zero-order valence-corrected chi connectivity index (χ0v) is 11.1. The van der Waals surface area contributed by atoms with Crippen LogP contribution in [-0.2, 0) is 22.5 Å². The molecule has 2 fully saturated rings. The number of hydrogen-bond acceptors (Lipinski definition) is 6. The molecule has 0 bridgehead atoms. The molecule has 0 saturated carbocycles. The van der Waals surface area contributed by atoms with Crippen LogP contribution in [0.4, 0.5) is 0 Å². The summed E-state index contributed by atoms with van der Waals surface area (Å²) in [6.07, 6.45) is 4.37. The second-order valence-electron chi connectivity index (χ2n) is 5.30. The Bertz CT molecular complexity index is 384. The molecule has 1 N–H and O–H groups in total. The molecular weight excluding hydrogens is 246 g/mol. The zero-order valence-electron chi connectivity index (χ0n) is 11.1. The summed E-state index contributed by atoms with van der Waals surface area (Å²) in [5, 5.41) is 7.32. The molecule has 3 heterocycles. The summed E-state index contributed by atoms with van der Waals surface area (Å²) in [7, 11) is 0. The van der Waals surface area contributed by atoms with Crippen LogP contribution in [0.25, 0.3) is 0 Å². The minimum atomic E-state index is 0.319. The first-order valence-corrected chi connectivity index (χ1v) is 7.11. The molecule has 1 atom stereocenters. The van der Waals surface area contributed by atoms with Crippen molar-refractivity contribution in [3.63, 3.8) is 0 Å². The van der Waals surface area contributed by atoms with E-state index in [0.29, 0.717) is 24.5 Å². The monoisotopic (exact) mass is 267 g/mol. The standard InChI is InChI=1S/C13H21N3O3/c1-4-14-5-2-11(1)18-9-13-15-12(16-19-13)7-10-3-6-17-8-10/h10-11,14H,1-9H2. The Morgan fingerprint density at radius 3 is 2.95 bits per heavy atom. The van der Waals surface area contributed by atoms with Gasteiger partial charge in [0, 0.05) is 19.6 Å². The summed E-state index contributed by atoms with van der Waals surface area (Å²) >= 11 is 0. The van der Waals surface area contributed by atoms with Gasteiger partial charge in [0.25, 0.3) is 5.89 Å². The molecule has 2 saturated heterocycles. The van der Waals surface area contributed by atoms with Crippen molar-refractivity contribution in [2.24, 2.45) is 5.92 Å². The highest BCUT2D eigenvalue weighted by molar-refractivity contribution is 4.88. The maximum absolute atomic E-state index is 5.79. The van der Waals surface area contributed by atoms with Crippen molar-refractivity contribution in [2.45, 2.75) is 38.4 Å². The van der Waals surface area contributed by atoms with Crippen molar-refractivity contribution >= 4 is 0 Å². The summed E-state index contributed by atoms with van der Waals surface area (Å²) in [5.41, 5.74) is 0. The van der Waals surface area contributed by atoms with Gasteiger partial charge in [-0.05, 0) is 38.3 Å². The number of aromatic nitrogens is 2. The van der Waals surface area contributed by atoms with Gasteiger partial charge < -0.3 is 19.3 Å². The fourth-order valence-corrected chi connectivity index (χ4v) is 2.59. The van der Waals surface area contributed by atoms with Crippen molar-refractivity contribution < 1.29 is 14.0 Å². The topological polar surface area (TPSA) is 69.4 Å². The summed E-state index contributed by atoms with van der Waals surface area (Å²) < 4.78 is 16.4. The van der Waals surface area contributed by atoms with E-state index in [0.717, 1.165) is 57.8 Å². The molecule has 6 heteroatoms. The first-order valence-electron chi connectivity index (χ1n) is 7.11. The molecule has 6 nitrogen and oxygen atoms in total. The third-order valence-corrected chi connectivity index (χ3v) is 3.73. The van der Waals surface area contributed by atoms with Crippen molar-refractivity contribution in [3.8, 4) is 0 Å². The number of rotatable bonds is 5. The molecule has 0 spiro atoms. The molecule has 19 heavy (non-hydrogen) atoms. The van der Waals surface area contributed by atoms with Crippen LogP contribution >= 0.6 is 0 Å². The van der Waals surface area contributed by atoms with E-state index in [1.807, 2.05) is 0 Å². The lowest BCUT2D eigenvalue weighted by molar-refractivity contribution is 0.00859. The summed E-state index contributed by atoms with van der Waals surface area (Å²) in [6, 6.07) is 0. The Labute approximate surface area is 112 Å². The Hall–Kier alpha value is -0.980. The van der Waals surface area contributed by atoms with E-state index in [4.69, 9.17) is 14.0 Å². The predicted molar refractivity (Wildman–Crippen MR) is 67.6 cm³/mol. The highest BCUT2D eigenvalue weighted by Crippen LogP contribution is 2.17. The molecule has 2 aliphatic heterocycles. The average molecular weight is 267 g/mol. The zero-order chi connectivity index (χ0) is 12.9. The van der Waals surface area contributed by atoms with Crippen LogP contribution in [-0.4, -0.2) is 42.5 Å².